The molecule has 2 aromatic carbocycles. The van der Waals surface area contributed by atoms with Crippen molar-refractivity contribution in [2.24, 2.45) is 0 Å². The van der Waals surface area contributed by atoms with Crippen LogP contribution in [0.3, 0.4) is 0 Å². The standard InChI is InChI=1S/C21H24N4O2/c1-24(2)10-5-11-25(3)13-14-8-9-17-16(12-14)20-19-15(21(26)23-22-20)6-4-7-18(19)27-17/h4,6-9,12H,5,10-11,13H2,1-3H3,(H,23,26). The molecule has 0 spiro atoms. The van der Waals surface area contributed by atoms with Crippen LogP contribution in [0.25, 0.3) is 22.0 Å². The first-order valence-corrected chi connectivity index (χ1v) is 9.19. The van der Waals surface area contributed by atoms with E-state index in [1.165, 1.54) is 5.56 Å². The third-order valence-electron chi connectivity index (χ3n) is 4.89. The van der Waals surface area contributed by atoms with Gasteiger partial charge in [-0.15, -0.1) is 0 Å². The predicted octanol–water partition coefficient (Wildman–Crippen LogP) is 3.08. The fourth-order valence-electron chi connectivity index (χ4n) is 3.58. The lowest BCUT2D eigenvalue weighted by Crippen LogP contribution is -2.23. The highest BCUT2D eigenvalue weighted by atomic mass is 16.5. The van der Waals surface area contributed by atoms with E-state index in [1.807, 2.05) is 18.2 Å². The highest BCUT2D eigenvalue weighted by molar-refractivity contribution is 6.01. The molecule has 1 aliphatic rings. The first kappa shape index (κ1) is 17.7. The summed E-state index contributed by atoms with van der Waals surface area (Å²) >= 11 is 0. The van der Waals surface area contributed by atoms with Crippen molar-refractivity contribution in [2.75, 3.05) is 34.2 Å². The molecule has 2 heterocycles. The van der Waals surface area contributed by atoms with E-state index >= 15 is 0 Å². The summed E-state index contributed by atoms with van der Waals surface area (Å²) in [5.74, 6) is 1.45. The zero-order valence-electron chi connectivity index (χ0n) is 16.0. The van der Waals surface area contributed by atoms with Crippen molar-refractivity contribution < 1.29 is 4.74 Å². The summed E-state index contributed by atoms with van der Waals surface area (Å²) in [6.07, 6.45) is 1.13. The molecule has 0 saturated carbocycles. The Kier molecular flexibility index (Phi) is 4.68. The quantitative estimate of drug-likeness (QED) is 0.570. The summed E-state index contributed by atoms with van der Waals surface area (Å²) in [7, 11) is 6.33. The average molecular weight is 364 g/mol. The molecule has 4 rings (SSSR count). The van der Waals surface area contributed by atoms with E-state index in [1.54, 1.807) is 6.07 Å². The van der Waals surface area contributed by atoms with Crippen molar-refractivity contribution in [1.29, 1.82) is 0 Å². The van der Waals surface area contributed by atoms with Crippen LogP contribution in [0.15, 0.2) is 41.2 Å². The molecule has 6 nitrogen and oxygen atoms in total. The Morgan fingerprint density at radius 2 is 1.93 bits per heavy atom. The van der Waals surface area contributed by atoms with Crippen LogP contribution >= 0.6 is 0 Å². The SMILES string of the molecule is CN(C)CCCN(C)Cc1ccc2c(c1)-c1n[nH]c(=O)c3cccc(c13)O2. The van der Waals surface area contributed by atoms with Crippen molar-refractivity contribution in [3.8, 4) is 22.8 Å². The van der Waals surface area contributed by atoms with Crippen molar-refractivity contribution >= 4 is 10.8 Å². The van der Waals surface area contributed by atoms with E-state index in [0.29, 0.717) is 11.1 Å². The highest BCUT2D eigenvalue weighted by Gasteiger charge is 2.23. The van der Waals surface area contributed by atoms with Crippen LogP contribution in [0, 0.1) is 0 Å². The van der Waals surface area contributed by atoms with Crippen molar-refractivity contribution in [3.63, 3.8) is 0 Å². The molecule has 0 fully saturated rings. The number of aromatic nitrogens is 2. The van der Waals surface area contributed by atoms with Crippen LogP contribution in [-0.4, -0.2) is 54.2 Å². The first-order valence-electron chi connectivity index (χ1n) is 9.19. The third kappa shape index (κ3) is 3.46. The van der Waals surface area contributed by atoms with E-state index < -0.39 is 0 Å². The second kappa shape index (κ2) is 7.13. The lowest BCUT2D eigenvalue weighted by atomic mass is 9.99. The summed E-state index contributed by atoms with van der Waals surface area (Å²) in [4.78, 5) is 16.6. The minimum atomic E-state index is -0.195. The number of ether oxygens (including phenoxy) is 1. The maximum atomic E-state index is 12.1. The molecular formula is C21H24N4O2. The number of hydrogen-bond acceptors (Lipinski definition) is 5. The maximum Gasteiger partial charge on any atom is 0.272 e. The first-order chi connectivity index (χ1) is 13.0. The Balaban J connectivity index is 1.64. The number of benzene rings is 2. The summed E-state index contributed by atoms with van der Waals surface area (Å²) < 4.78 is 6.04. The number of nitrogens with zero attached hydrogens (tertiary/aromatic N) is 3. The maximum absolute atomic E-state index is 12.1. The zero-order valence-corrected chi connectivity index (χ0v) is 16.0. The molecule has 0 amide bonds. The van der Waals surface area contributed by atoms with E-state index in [4.69, 9.17) is 4.74 Å². The number of nitrogens with one attached hydrogen (secondary N) is 1. The van der Waals surface area contributed by atoms with Gasteiger partial charge >= 0.3 is 0 Å². The van der Waals surface area contributed by atoms with Gasteiger partial charge in [0, 0.05) is 12.1 Å². The molecule has 27 heavy (non-hydrogen) atoms. The van der Waals surface area contributed by atoms with Gasteiger partial charge in [0.15, 0.2) is 0 Å². The van der Waals surface area contributed by atoms with E-state index in [2.05, 4.69) is 53.3 Å². The molecule has 1 aromatic heterocycles. The van der Waals surface area contributed by atoms with E-state index in [0.717, 1.165) is 48.4 Å². The Morgan fingerprint density at radius 3 is 2.74 bits per heavy atom. The van der Waals surface area contributed by atoms with Crippen LogP contribution in [0.5, 0.6) is 11.5 Å². The normalized spacial score (nSPS) is 12.5. The summed E-state index contributed by atoms with van der Waals surface area (Å²) in [5.41, 5.74) is 2.71. The van der Waals surface area contributed by atoms with Crippen LogP contribution in [0.2, 0.25) is 0 Å². The van der Waals surface area contributed by atoms with E-state index in [-0.39, 0.29) is 5.56 Å². The summed E-state index contributed by atoms with van der Waals surface area (Å²) in [6.45, 7) is 2.98. The topological polar surface area (TPSA) is 61.5 Å². The molecule has 0 unspecified atom stereocenters. The molecule has 1 aliphatic heterocycles. The molecule has 6 heteroatoms. The van der Waals surface area contributed by atoms with Crippen molar-refractivity contribution in [2.45, 2.75) is 13.0 Å². The number of rotatable bonds is 6. The zero-order chi connectivity index (χ0) is 19.0. The van der Waals surface area contributed by atoms with Gasteiger partial charge in [0.25, 0.3) is 5.56 Å². The van der Waals surface area contributed by atoms with Crippen molar-refractivity contribution in [1.82, 2.24) is 20.0 Å². The Morgan fingerprint density at radius 1 is 1.07 bits per heavy atom. The van der Waals surface area contributed by atoms with Crippen LogP contribution in [0.1, 0.15) is 12.0 Å². The van der Waals surface area contributed by atoms with Gasteiger partial charge in [-0.1, -0.05) is 12.1 Å². The van der Waals surface area contributed by atoms with Gasteiger partial charge in [-0.25, -0.2) is 5.10 Å². The van der Waals surface area contributed by atoms with Gasteiger partial charge in [0.2, 0.25) is 0 Å². The average Bonchev–Trinajstić information content (AvgIpc) is 2.64. The Labute approximate surface area is 158 Å². The Hall–Kier alpha value is -2.70. The van der Waals surface area contributed by atoms with E-state index in [9.17, 15) is 4.79 Å². The Bertz CT molecular complexity index is 1040. The van der Waals surface area contributed by atoms with Crippen LogP contribution in [0.4, 0.5) is 0 Å². The fourth-order valence-corrected chi connectivity index (χ4v) is 3.58. The lowest BCUT2D eigenvalue weighted by molar-refractivity contribution is 0.294. The molecule has 0 bridgehead atoms. The fraction of sp³-hybridized carbons (Fsp3) is 0.333. The van der Waals surface area contributed by atoms with Crippen molar-refractivity contribution in [3.05, 3.63) is 52.3 Å². The van der Waals surface area contributed by atoms with Gasteiger partial charge < -0.3 is 14.5 Å². The molecule has 0 saturated heterocycles. The second-order valence-corrected chi connectivity index (χ2v) is 7.41. The van der Waals surface area contributed by atoms with Gasteiger partial charge in [-0.05, 0) is 70.5 Å². The molecular weight excluding hydrogens is 340 g/mol. The number of H-pyrrole nitrogens is 1. The minimum absolute atomic E-state index is 0.195. The molecule has 0 atom stereocenters. The number of aromatic amines is 1. The molecule has 140 valence electrons. The molecule has 0 radical (unpaired) electrons. The summed E-state index contributed by atoms with van der Waals surface area (Å²) in [5, 5.41) is 8.34. The van der Waals surface area contributed by atoms with Gasteiger partial charge in [0.1, 0.15) is 17.2 Å². The van der Waals surface area contributed by atoms with Gasteiger partial charge in [0.05, 0.1) is 10.8 Å². The van der Waals surface area contributed by atoms with Crippen LogP contribution < -0.4 is 10.3 Å². The second-order valence-electron chi connectivity index (χ2n) is 7.41. The lowest BCUT2D eigenvalue weighted by Gasteiger charge is -2.22. The number of fused-ring (bicyclic) bond motifs is 2. The third-order valence-corrected chi connectivity index (χ3v) is 4.89. The van der Waals surface area contributed by atoms with Crippen LogP contribution in [-0.2, 0) is 6.54 Å². The highest BCUT2D eigenvalue weighted by Crippen LogP contribution is 2.44. The molecule has 1 N–H and O–H groups in total. The molecule has 3 aromatic rings. The van der Waals surface area contributed by atoms with Gasteiger partial charge in [-0.2, -0.15) is 5.10 Å². The molecule has 0 aliphatic carbocycles. The monoisotopic (exact) mass is 364 g/mol. The largest absolute Gasteiger partial charge is 0.456 e. The smallest absolute Gasteiger partial charge is 0.272 e. The minimum Gasteiger partial charge on any atom is -0.456 e. The van der Waals surface area contributed by atoms with Gasteiger partial charge in [-0.3, -0.25) is 4.79 Å². The number of hydrogen-bond donors (Lipinski definition) is 1. The summed E-state index contributed by atoms with van der Waals surface area (Å²) in [6, 6.07) is 11.7. The predicted molar refractivity (Wildman–Crippen MR) is 107 cm³/mol.